The molecule has 2 N–H and O–H groups in total. The first-order valence-electron chi connectivity index (χ1n) is 6.82. The van der Waals surface area contributed by atoms with Gasteiger partial charge in [-0.05, 0) is 30.0 Å². The van der Waals surface area contributed by atoms with Crippen molar-refractivity contribution in [1.29, 1.82) is 0 Å². The summed E-state index contributed by atoms with van der Waals surface area (Å²) in [5.41, 5.74) is 6.74. The summed E-state index contributed by atoms with van der Waals surface area (Å²) in [6.07, 6.45) is 4.99. The molecular formula is C15H24BrNO. The first kappa shape index (κ1) is 15.5. The Morgan fingerprint density at radius 3 is 2.67 bits per heavy atom. The Hall–Kier alpha value is -0.540. The normalized spacial score (nSPS) is 12.4. The Labute approximate surface area is 119 Å². The molecule has 0 amide bonds. The average Bonchev–Trinajstić information content (AvgIpc) is 2.39. The van der Waals surface area contributed by atoms with Gasteiger partial charge in [0.25, 0.3) is 0 Å². The lowest BCUT2D eigenvalue weighted by Crippen LogP contribution is -2.11. The maximum atomic E-state index is 5.87. The van der Waals surface area contributed by atoms with Crippen molar-refractivity contribution in [1.82, 2.24) is 0 Å². The minimum atomic E-state index is 0.551. The molecule has 1 aromatic rings. The van der Waals surface area contributed by atoms with Crippen LogP contribution in [0.15, 0.2) is 22.7 Å². The summed E-state index contributed by atoms with van der Waals surface area (Å²) < 4.78 is 6.90. The van der Waals surface area contributed by atoms with Crippen LogP contribution in [-0.2, 0) is 6.54 Å². The topological polar surface area (TPSA) is 35.2 Å². The Balaban J connectivity index is 2.49. The number of nitrogens with two attached hydrogens (primary N) is 1. The van der Waals surface area contributed by atoms with Crippen LogP contribution in [0.5, 0.6) is 5.75 Å². The summed E-state index contributed by atoms with van der Waals surface area (Å²) in [6, 6.07) is 6.03. The van der Waals surface area contributed by atoms with Crippen LogP contribution in [0.25, 0.3) is 0 Å². The van der Waals surface area contributed by atoms with Gasteiger partial charge >= 0.3 is 0 Å². The van der Waals surface area contributed by atoms with E-state index < -0.39 is 0 Å². The molecule has 18 heavy (non-hydrogen) atoms. The molecule has 0 bridgehead atoms. The lowest BCUT2D eigenvalue weighted by Gasteiger charge is -2.16. The van der Waals surface area contributed by atoms with Crippen LogP contribution in [-0.4, -0.2) is 6.61 Å². The van der Waals surface area contributed by atoms with E-state index in [-0.39, 0.29) is 0 Å². The van der Waals surface area contributed by atoms with Crippen molar-refractivity contribution in [2.75, 3.05) is 6.61 Å². The zero-order valence-corrected chi connectivity index (χ0v) is 13.0. The highest BCUT2D eigenvalue weighted by molar-refractivity contribution is 9.10. The molecule has 2 nitrogen and oxygen atoms in total. The van der Waals surface area contributed by atoms with Gasteiger partial charge in [-0.15, -0.1) is 0 Å². The first-order valence-corrected chi connectivity index (χ1v) is 7.61. The molecule has 102 valence electrons. The molecule has 0 radical (unpaired) electrons. The van der Waals surface area contributed by atoms with Gasteiger partial charge in [0, 0.05) is 11.0 Å². The summed E-state index contributed by atoms with van der Waals surface area (Å²) in [5.74, 6) is 1.59. The van der Waals surface area contributed by atoms with Gasteiger partial charge in [0.05, 0.1) is 6.61 Å². The fourth-order valence-corrected chi connectivity index (χ4v) is 2.42. The Kier molecular flexibility index (Phi) is 7.36. The SMILES string of the molecule is CCCCC(CC)COc1ccc(CN)c(Br)c1. The van der Waals surface area contributed by atoms with E-state index in [1.165, 1.54) is 25.7 Å². The molecule has 1 rings (SSSR count). The monoisotopic (exact) mass is 313 g/mol. The number of halogens is 1. The molecule has 0 aliphatic rings. The van der Waals surface area contributed by atoms with Gasteiger partial charge in [-0.2, -0.15) is 0 Å². The number of rotatable bonds is 8. The van der Waals surface area contributed by atoms with Crippen LogP contribution in [0.3, 0.4) is 0 Å². The van der Waals surface area contributed by atoms with Crippen molar-refractivity contribution in [2.45, 2.75) is 46.1 Å². The highest BCUT2D eigenvalue weighted by Crippen LogP contribution is 2.24. The molecule has 0 saturated carbocycles. The smallest absolute Gasteiger partial charge is 0.120 e. The minimum absolute atomic E-state index is 0.551. The molecule has 1 unspecified atom stereocenters. The van der Waals surface area contributed by atoms with Gasteiger partial charge in [-0.25, -0.2) is 0 Å². The lowest BCUT2D eigenvalue weighted by atomic mass is 10.0. The van der Waals surface area contributed by atoms with Gasteiger partial charge in [-0.3, -0.25) is 0 Å². The summed E-state index contributed by atoms with van der Waals surface area (Å²) in [7, 11) is 0. The fraction of sp³-hybridized carbons (Fsp3) is 0.600. The Morgan fingerprint density at radius 1 is 1.33 bits per heavy atom. The van der Waals surface area contributed by atoms with Crippen LogP contribution in [0.4, 0.5) is 0 Å². The predicted molar refractivity (Wildman–Crippen MR) is 80.8 cm³/mol. The van der Waals surface area contributed by atoms with Crippen LogP contribution >= 0.6 is 15.9 Å². The number of hydrogen-bond donors (Lipinski definition) is 1. The number of unbranched alkanes of at least 4 members (excludes halogenated alkanes) is 1. The lowest BCUT2D eigenvalue weighted by molar-refractivity contribution is 0.233. The Bertz CT molecular complexity index is 354. The Morgan fingerprint density at radius 2 is 2.11 bits per heavy atom. The quantitative estimate of drug-likeness (QED) is 0.766. The van der Waals surface area contributed by atoms with E-state index in [0.29, 0.717) is 12.5 Å². The summed E-state index contributed by atoms with van der Waals surface area (Å²) in [4.78, 5) is 0. The molecule has 0 aliphatic heterocycles. The van der Waals surface area contributed by atoms with Crippen LogP contribution < -0.4 is 10.5 Å². The van der Waals surface area contributed by atoms with E-state index in [0.717, 1.165) is 22.4 Å². The summed E-state index contributed by atoms with van der Waals surface area (Å²) >= 11 is 3.51. The second kappa shape index (κ2) is 8.54. The van der Waals surface area contributed by atoms with Crippen LogP contribution in [0.2, 0.25) is 0 Å². The van der Waals surface area contributed by atoms with Crippen molar-refractivity contribution in [3.8, 4) is 5.75 Å². The molecule has 0 heterocycles. The van der Waals surface area contributed by atoms with Crippen molar-refractivity contribution >= 4 is 15.9 Å². The second-order valence-electron chi connectivity index (χ2n) is 4.68. The zero-order chi connectivity index (χ0) is 13.4. The van der Waals surface area contributed by atoms with Crippen LogP contribution in [0, 0.1) is 5.92 Å². The number of ether oxygens (including phenoxy) is 1. The third-order valence-electron chi connectivity index (χ3n) is 3.27. The number of benzene rings is 1. The standard InChI is InChI=1S/C15H24BrNO/c1-3-5-6-12(4-2)11-18-14-8-7-13(10-17)15(16)9-14/h7-9,12H,3-6,10-11,17H2,1-2H3. The third-order valence-corrected chi connectivity index (χ3v) is 4.01. The van der Waals surface area contributed by atoms with Gasteiger partial charge in [0.1, 0.15) is 5.75 Å². The van der Waals surface area contributed by atoms with Gasteiger partial charge < -0.3 is 10.5 Å². The maximum absolute atomic E-state index is 5.87. The van der Waals surface area contributed by atoms with Crippen LogP contribution in [0.1, 0.15) is 45.1 Å². The largest absolute Gasteiger partial charge is 0.493 e. The molecule has 0 aromatic heterocycles. The van der Waals surface area contributed by atoms with Crippen molar-refractivity contribution in [3.05, 3.63) is 28.2 Å². The predicted octanol–water partition coefficient (Wildman–Crippen LogP) is 4.50. The van der Waals surface area contributed by atoms with Crippen molar-refractivity contribution in [2.24, 2.45) is 11.7 Å². The molecule has 0 fully saturated rings. The van der Waals surface area contributed by atoms with E-state index in [4.69, 9.17) is 10.5 Å². The molecule has 1 atom stereocenters. The number of hydrogen-bond acceptors (Lipinski definition) is 2. The molecule has 1 aromatic carbocycles. The first-order chi connectivity index (χ1) is 8.71. The van der Waals surface area contributed by atoms with Gasteiger partial charge in [-0.1, -0.05) is 55.1 Å². The minimum Gasteiger partial charge on any atom is -0.493 e. The summed E-state index contributed by atoms with van der Waals surface area (Å²) in [6.45, 7) is 5.83. The van der Waals surface area contributed by atoms with E-state index >= 15 is 0 Å². The molecule has 3 heteroatoms. The molecule has 0 spiro atoms. The second-order valence-corrected chi connectivity index (χ2v) is 5.54. The highest BCUT2D eigenvalue weighted by atomic mass is 79.9. The molecule has 0 aliphatic carbocycles. The third kappa shape index (κ3) is 4.99. The van der Waals surface area contributed by atoms with E-state index in [1.807, 2.05) is 18.2 Å². The van der Waals surface area contributed by atoms with Gasteiger partial charge in [0.2, 0.25) is 0 Å². The highest BCUT2D eigenvalue weighted by Gasteiger charge is 2.07. The molecule has 0 saturated heterocycles. The zero-order valence-electron chi connectivity index (χ0n) is 11.4. The fourth-order valence-electron chi connectivity index (χ4n) is 1.90. The van der Waals surface area contributed by atoms with E-state index in [9.17, 15) is 0 Å². The van der Waals surface area contributed by atoms with Gasteiger partial charge in [0.15, 0.2) is 0 Å². The van der Waals surface area contributed by atoms with Crippen molar-refractivity contribution in [3.63, 3.8) is 0 Å². The maximum Gasteiger partial charge on any atom is 0.120 e. The van der Waals surface area contributed by atoms with E-state index in [2.05, 4.69) is 29.8 Å². The van der Waals surface area contributed by atoms with E-state index in [1.54, 1.807) is 0 Å². The molecular weight excluding hydrogens is 290 g/mol. The average molecular weight is 314 g/mol. The summed E-state index contributed by atoms with van der Waals surface area (Å²) in [5, 5.41) is 0. The van der Waals surface area contributed by atoms with Crippen molar-refractivity contribution < 1.29 is 4.74 Å².